The molecule has 0 aliphatic heterocycles. The molecule has 1 heterocycles. The van der Waals surface area contributed by atoms with E-state index in [1.165, 1.54) is 18.0 Å². The lowest BCUT2D eigenvalue weighted by Crippen LogP contribution is -2.42. The Balaban J connectivity index is 0.994. The summed E-state index contributed by atoms with van der Waals surface area (Å²) in [5.41, 5.74) is 4.01. The molecule has 1 aromatic heterocycles. The van der Waals surface area contributed by atoms with E-state index < -0.39 is 41.0 Å². The lowest BCUT2D eigenvalue weighted by Gasteiger charge is -2.22. The van der Waals surface area contributed by atoms with Gasteiger partial charge in [-0.25, -0.2) is 9.59 Å². The summed E-state index contributed by atoms with van der Waals surface area (Å²) in [5.74, 6) is -2.33. The van der Waals surface area contributed by atoms with Gasteiger partial charge in [0.25, 0.3) is 11.5 Å². The Bertz CT molecular complexity index is 2380. The minimum atomic E-state index is -0.839. The number of fused-ring (bicyclic) bond motifs is 3. The van der Waals surface area contributed by atoms with Crippen LogP contribution in [0.2, 0.25) is 0 Å². The van der Waals surface area contributed by atoms with E-state index in [4.69, 9.17) is 9.47 Å². The van der Waals surface area contributed by atoms with Gasteiger partial charge >= 0.3 is 17.8 Å². The summed E-state index contributed by atoms with van der Waals surface area (Å²) in [4.78, 5) is 91.6. The second-order valence-electron chi connectivity index (χ2n) is 13.6. The second kappa shape index (κ2) is 19.0. The van der Waals surface area contributed by atoms with E-state index in [0.29, 0.717) is 5.69 Å². The van der Waals surface area contributed by atoms with E-state index >= 15 is 0 Å². The van der Waals surface area contributed by atoms with Crippen LogP contribution in [0, 0.1) is 0 Å². The number of rotatable bonds is 16. The molecule has 0 saturated carbocycles. The maximum atomic E-state index is 13.4. The topological polar surface area (TPSA) is 198 Å². The van der Waals surface area contributed by atoms with Crippen molar-refractivity contribution in [1.29, 1.82) is 0 Å². The molecule has 0 spiro atoms. The molecule has 15 nitrogen and oxygen atoms in total. The molecule has 1 aliphatic rings. The molecule has 4 amide bonds. The van der Waals surface area contributed by atoms with Gasteiger partial charge in [-0.15, -0.1) is 0 Å². The zero-order valence-corrected chi connectivity index (χ0v) is 31.7. The van der Waals surface area contributed by atoms with Gasteiger partial charge in [-0.05, 0) is 52.4 Å². The van der Waals surface area contributed by atoms with Crippen LogP contribution >= 0.6 is 0 Å². The fourth-order valence-corrected chi connectivity index (χ4v) is 6.55. The highest BCUT2D eigenvalue weighted by atomic mass is 16.5. The number of ether oxygens (including phenoxy) is 2. The van der Waals surface area contributed by atoms with Crippen LogP contribution in [0.5, 0.6) is 0 Å². The number of benzene rings is 4. The first kappa shape index (κ1) is 40.4. The molecular formula is C43H42N6O9. The smallest absolute Gasteiger partial charge is 0.407 e. The molecular weight excluding hydrogens is 745 g/mol. The van der Waals surface area contributed by atoms with Gasteiger partial charge in [0.1, 0.15) is 25.3 Å². The van der Waals surface area contributed by atoms with Gasteiger partial charge < -0.3 is 34.9 Å². The first-order valence-electron chi connectivity index (χ1n) is 18.6. The molecule has 0 fully saturated rings. The molecule has 298 valence electrons. The van der Waals surface area contributed by atoms with E-state index in [0.717, 1.165) is 38.6 Å². The van der Waals surface area contributed by atoms with Crippen LogP contribution in [0.3, 0.4) is 0 Å². The van der Waals surface area contributed by atoms with Crippen molar-refractivity contribution in [3.63, 3.8) is 0 Å². The molecule has 0 saturated heterocycles. The first-order chi connectivity index (χ1) is 28.0. The quantitative estimate of drug-likeness (QED) is 0.104. The van der Waals surface area contributed by atoms with Crippen LogP contribution in [0.15, 0.2) is 119 Å². The lowest BCUT2D eigenvalue weighted by molar-refractivity contribution is -0.150. The number of aromatic nitrogens is 2. The third kappa shape index (κ3) is 10.5. The molecule has 6 rings (SSSR count). The number of aromatic amines is 1. The monoisotopic (exact) mass is 786 g/mol. The number of aryl methyl sites for hydroxylation is 1. The van der Waals surface area contributed by atoms with Crippen molar-refractivity contribution in [2.24, 2.45) is 7.05 Å². The maximum absolute atomic E-state index is 13.4. The largest absolute Gasteiger partial charge is 0.459 e. The molecule has 0 atom stereocenters. The highest BCUT2D eigenvalue weighted by molar-refractivity contribution is 6.04. The Hall–Kier alpha value is -7.29. The number of hydrogen-bond acceptors (Lipinski definition) is 9. The van der Waals surface area contributed by atoms with Crippen LogP contribution in [0.25, 0.3) is 11.1 Å². The maximum Gasteiger partial charge on any atom is 0.407 e. The number of carbonyl (C=O) groups excluding carboxylic acids is 5. The number of alkyl carbamates (subject to hydrolysis) is 1. The minimum Gasteiger partial charge on any atom is -0.459 e. The number of anilines is 2. The van der Waals surface area contributed by atoms with Crippen molar-refractivity contribution in [2.45, 2.75) is 31.8 Å². The number of H-pyrrole nitrogens is 1. The Kier molecular flexibility index (Phi) is 13.3. The Morgan fingerprint density at radius 1 is 0.776 bits per heavy atom. The standard InChI is InChI=1S/C43H42N6O9/c1-48-24-35(41(54)47-42(48)55)40(53)46-30-14-9-13-29(23-30)45-37(50)19-10-20-38(51)49(25-39(52)57-26-28-11-3-2-4-12-28)22-21-44-43(56)58-27-36-33-17-7-5-15-31(33)32-16-6-8-18-34(32)36/h2-9,11-18,23-24,36H,10,19-22,25-27H2,1H3,(H,44,56)(H,45,50)(H,46,53)(H,47,54,55). The Morgan fingerprint density at radius 3 is 2.14 bits per heavy atom. The summed E-state index contributed by atoms with van der Waals surface area (Å²) >= 11 is 0. The number of amides is 4. The molecule has 0 unspecified atom stereocenters. The van der Waals surface area contributed by atoms with Crippen LogP contribution < -0.4 is 27.2 Å². The summed E-state index contributed by atoms with van der Waals surface area (Å²) in [5, 5.41) is 7.96. The molecule has 58 heavy (non-hydrogen) atoms. The zero-order valence-electron chi connectivity index (χ0n) is 31.7. The van der Waals surface area contributed by atoms with E-state index in [1.807, 2.05) is 78.9 Å². The Morgan fingerprint density at radius 2 is 1.43 bits per heavy atom. The van der Waals surface area contributed by atoms with Gasteiger partial charge in [0.05, 0.1) is 0 Å². The summed E-state index contributed by atoms with van der Waals surface area (Å²) in [6.45, 7) is -0.241. The summed E-state index contributed by atoms with van der Waals surface area (Å²) < 4.78 is 12.1. The third-order valence-corrected chi connectivity index (χ3v) is 9.46. The highest BCUT2D eigenvalue weighted by Gasteiger charge is 2.29. The molecule has 4 aromatic carbocycles. The van der Waals surface area contributed by atoms with Crippen molar-refractivity contribution in [2.75, 3.05) is 36.9 Å². The van der Waals surface area contributed by atoms with Crippen LogP contribution in [-0.4, -0.2) is 70.5 Å². The van der Waals surface area contributed by atoms with Crippen LogP contribution in [-0.2, 0) is 37.5 Å². The van der Waals surface area contributed by atoms with Crippen molar-refractivity contribution < 1.29 is 33.4 Å². The molecule has 0 bridgehead atoms. The predicted molar refractivity (Wildman–Crippen MR) is 215 cm³/mol. The number of nitrogens with zero attached hydrogens (tertiary/aromatic N) is 2. The third-order valence-electron chi connectivity index (χ3n) is 9.46. The van der Waals surface area contributed by atoms with Gasteiger partial charge in [0.2, 0.25) is 11.8 Å². The van der Waals surface area contributed by atoms with Crippen LogP contribution in [0.4, 0.5) is 16.2 Å². The van der Waals surface area contributed by atoms with Gasteiger partial charge in [-0.2, -0.15) is 0 Å². The fourth-order valence-electron chi connectivity index (χ4n) is 6.55. The average Bonchev–Trinajstić information content (AvgIpc) is 3.54. The van der Waals surface area contributed by atoms with Crippen molar-refractivity contribution >= 4 is 41.2 Å². The van der Waals surface area contributed by atoms with Gasteiger partial charge in [-0.3, -0.25) is 29.0 Å². The SMILES string of the molecule is Cn1cc(C(=O)Nc2cccc(NC(=O)CCCC(=O)N(CCNC(=O)OCC3c4ccccc4-c4ccccc43)CC(=O)OCc3ccccc3)c2)c(=O)[nH]c1=O. The number of nitrogens with one attached hydrogen (secondary N) is 4. The predicted octanol–water partition coefficient (Wildman–Crippen LogP) is 4.55. The highest BCUT2D eigenvalue weighted by Crippen LogP contribution is 2.44. The summed E-state index contributed by atoms with van der Waals surface area (Å²) in [6, 6.07) is 31.3. The molecule has 15 heteroatoms. The number of hydrogen-bond donors (Lipinski definition) is 4. The molecule has 1 aliphatic carbocycles. The molecule has 4 N–H and O–H groups in total. The van der Waals surface area contributed by atoms with E-state index in [9.17, 15) is 33.6 Å². The summed E-state index contributed by atoms with van der Waals surface area (Å²) in [7, 11) is 1.39. The summed E-state index contributed by atoms with van der Waals surface area (Å²) in [6.07, 6.45) is 0.488. The van der Waals surface area contributed by atoms with Gasteiger partial charge in [-0.1, -0.05) is 84.9 Å². The van der Waals surface area contributed by atoms with Crippen molar-refractivity contribution in [3.05, 3.63) is 152 Å². The van der Waals surface area contributed by atoms with Crippen molar-refractivity contribution in [3.8, 4) is 11.1 Å². The van der Waals surface area contributed by atoms with E-state index in [2.05, 4.69) is 20.9 Å². The second-order valence-corrected chi connectivity index (χ2v) is 13.6. The number of carbonyl (C=O) groups is 5. The van der Waals surface area contributed by atoms with E-state index in [1.54, 1.807) is 18.2 Å². The average molecular weight is 787 g/mol. The fraction of sp³-hybridized carbons (Fsp3) is 0.233. The number of esters is 1. The van der Waals surface area contributed by atoms with Gasteiger partial charge in [0, 0.05) is 56.5 Å². The van der Waals surface area contributed by atoms with Crippen LogP contribution in [0.1, 0.15) is 52.2 Å². The normalized spacial score (nSPS) is 11.5. The van der Waals surface area contributed by atoms with E-state index in [-0.39, 0.29) is 69.3 Å². The zero-order chi connectivity index (χ0) is 41.0. The minimum absolute atomic E-state index is 0.00146. The Labute approximate surface area is 333 Å². The first-order valence-corrected chi connectivity index (χ1v) is 18.6. The van der Waals surface area contributed by atoms with Gasteiger partial charge in [0.15, 0.2) is 0 Å². The molecule has 0 radical (unpaired) electrons. The van der Waals surface area contributed by atoms with Crippen molar-refractivity contribution in [1.82, 2.24) is 19.8 Å². The lowest BCUT2D eigenvalue weighted by atomic mass is 9.98. The molecule has 5 aromatic rings.